The van der Waals surface area contributed by atoms with Crippen molar-refractivity contribution in [3.8, 4) is 0 Å². The molecule has 1 amide bonds. The third-order valence-corrected chi connectivity index (χ3v) is 7.46. The highest BCUT2D eigenvalue weighted by molar-refractivity contribution is 7.18. The van der Waals surface area contributed by atoms with E-state index in [1.165, 1.54) is 26.1 Å². The van der Waals surface area contributed by atoms with Crippen LogP contribution in [-0.2, 0) is 24.2 Å². The Labute approximate surface area is 179 Å². The Hall–Kier alpha value is -2.73. The average molecular weight is 420 g/mol. The normalized spacial score (nSPS) is 18.9. The Morgan fingerprint density at radius 2 is 2.07 bits per heavy atom. The van der Waals surface area contributed by atoms with Crippen LogP contribution in [0.5, 0.6) is 0 Å². The van der Waals surface area contributed by atoms with Crippen LogP contribution in [0.2, 0.25) is 0 Å². The SMILES string of the molecule is C[C@@H]1CCc2c(sc3ncn(CC(=O)N4CC=C(c5ccccc5)CC4)c(=O)c23)C1. The molecule has 0 fully saturated rings. The van der Waals surface area contributed by atoms with Crippen LogP contribution in [0.25, 0.3) is 15.8 Å². The van der Waals surface area contributed by atoms with Crippen molar-refractivity contribution in [3.05, 3.63) is 69.1 Å². The molecular formula is C24H25N3O2S. The zero-order valence-corrected chi connectivity index (χ0v) is 18.0. The van der Waals surface area contributed by atoms with E-state index in [1.54, 1.807) is 17.7 Å². The number of thiophene rings is 1. The molecule has 1 aromatic carbocycles. The predicted octanol–water partition coefficient (Wildman–Crippen LogP) is 3.90. The van der Waals surface area contributed by atoms with Gasteiger partial charge >= 0.3 is 0 Å². The summed E-state index contributed by atoms with van der Waals surface area (Å²) in [4.78, 5) is 34.5. The number of amides is 1. The summed E-state index contributed by atoms with van der Waals surface area (Å²) in [5.41, 5.74) is 3.59. The van der Waals surface area contributed by atoms with E-state index in [2.05, 4.69) is 30.1 Å². The number of carbonyl (C=O) groups excluding carboxylic acids is 1. The number of hydrogen-bond donors (Lipinski definition) is 0. The van der Waals surface area contributed by atoms with Gasteiger partial charge in [-0.1, -0.05) is 43.3 Å². The van der Waals surface area contributed by atoms with Crippen molar-refractivity contribution >= 4 is 33.0 Å². The fraction of sp³-hybridized carbons (Fsp3) is 0.375. The first kappa shape index (κ1) is 19.2. The van der Waals surface area contributed by atoms with Gasteiger partial charge in [-0.2, -0.15) is 0 Å². The smallest absolute Gasteiger partial charge is 0.262 e. The summed E-state index contributed by atoms with van der Waals surface area (Å²) in [7, 11) is 0. The Morgan fingerprint density at radius 3 is 2.83 bits per heavy atom. The number of aromatic nitrogens is 2. The molecule has 5 rings (SSSR count). The quantitative estimate of drug-likeness (QED) is 0.647. The monoisotopic (exact) mass is 419 g/mol. The van der Waals surface area contributed by atoms with Crippen LogP contribution in [0.15, 0.2) is 47.5 Å². The van der Waals surface area contributed by atoms with Crippen LogP contribution < -0.4 is 5.56 Å². The lowest BCUT2D eigenvalue weighted by molar-refractivity contribution is -0.131. The van der Waals surface area contributed by atoms with Gasteiger partial charge in [0.2, 0.25) is 5.91 Å². The molecule has 30 heavy (non-hydrogen) atoms. The molecule has 1 atom stereocenters. The van der Waals surface area contributed by atoms with Gasteiger partial charge < -0.3 is 4.90 Å². The van der Waals surface area contributed by atoms with E-state index in [9.17, 15) is 9.59 Å². The minimum absolute atomic E-state index is 0.0284. The minimum Gasteiger partial charge on any atom is -0.337 e. The van der Waals surface area contributed by atoms with Gasteiger partial charge in [-0.25, -0.2) is 4.98 Å². The lowest BCUT2D eigenvalue weighted by Crippen LogP contribution is -2.39. The molecule has 0 unspecified atom stereocenters. The standard InChI is InChI=1S/C24H25N3O2S/c1-16-7-8-19-20(13-16)30-23-22(19)24(29)27(15-25-23)14-21(28)26-11-9-18(10-12-26)17-5-3-2-4-6-17/h2-6,9,15-16H,7-8,10-14H2,1H3/t16-/m1/s1. The third-order valence-electron chi connectivity index (χ3n) is 6.29. The molecular weight excluding hydrogens is 394 g/mol. The molecule has 1 aliphatic carbocycles. The largest absolute Gasteiger partial charge is 0.337 e. The third kappa shape index (κ3) is 3.49. The number of carbonyl (C=O) groups is 1. The molecule has 2 aliphatic rings. The van der Waals surface area contributed by atoms with Gasteiger partial charge in [0.15, 0.2) is 0 Å². The second kappa shape index (κ2) is 7.84. The van der Waals surface area contributed by atoms with Crippen molar-refractivity contribution in [2.24, 2.45) is 5.92 Å². The van der Waals surface area contributed by atoms with E-state index >= 15 is 0 Å². The average Bonchev–Trinajstić information content (AvgIpc) is 3.14. The fourth-order valence-electron chi connectivity index (χ4n) is 4.53. The number of aryl methyl sites for hydroxylation is 1. The Morgan fingerprint density at radius 1 is 1.23 bits per heavy atom. The van der Waals surface area contributed by atoms with Crippen molar-refractivity contribution in [1.29, 1.82) is 0 Å². The highest BCUT2D eigenvalue weighted by Crippen LogP contribution is 2.35. The second-order valence-corrected chi connectivity index (χ2v) is 9.48. The van der Waals surface area contributed by atoms with Crippen LogP contribution in [0, 0.1) is 5.92 Å². The van der Waals surface area contributed by atoms with Crippen molar-refractivity contribution in [3.63, 3.8) is 0 Å². The molecule has 1 aliphatic heterocycles. The molecule has 0 saturated heterocycles. The van der Waals surface area contributed by atoms with E-state index in [-0.39, 0.29) is 18.0 Å². The summed E-state index contributed by atoms with van der Waals surface area (Å²) in [6.45, 7) is 3.57. The topological polar surface area (TPSA) is 55.2 Å². The molecule has 6 heteroatoms. The molecule has 0 saturated carbocycles. The first-order chi connectivity index (χ1) is 14.6. The second-order valence-electron chi connectivity index (χ2n) is 8.39. The molecule has 2 aromatic heterocycles. The maximum Gasteiger partial charge on any atom is 0.262 e. The molecule has 5 nitrogen and oxygen atoms in total. The lowest BCUT2D eigenvalue weighted by atomic mass is 9.89. The maximum absolute atomic E-state index is 13.1. The van der Waals surface area contributed by atoms with Gasteiger partial charge in [-0.15, -0.1) is 11.3 Å². The summed E-state index contributed by atoms with van der Waals surface area (Å²) < 4.78 is 1.49. The zero-order chi connectivity index (χ0) is 20.7. The van der Waals surface area contributed by atoms with Crippen molar-refractivity contribution < 1.29 is 4.79 Å². The molecule has 3 heterocycles. The molecule has 154 valence electrons. The Bertz CT molecular complexity index is 1190. The molecule has 0 N–H and O–H groups in total. The number of hydrogen-bond acceptors (Lipinski definition) is 4. The summed E-state index contributed by atoms with van der Waals surface area (Å²) >= 11 is 1.64. The number of rotatable bonds is 3. The molecule has 3 aromatic rings. The van der Waals surface area contributed by atoms with E-state index < -0.39 is 0 Å². The van der Waals surface area contributed by atoms with Crippen LogP contribution in [0.3, 0.4) is 0 Å². The molecule has 0 bridgehead atoms. The molecule has 0 spiro atoms. The van der Waals surface area contributed by atoms with Crippen molar-refractivity contribution in [2.45, 2.75) is 39.2 Å². The van der Waals surface area contributed by atoms with Gasteiger partial charge in [0.25, 0.3) is 5.56 Å². The van der Waals surface area contributed by atoms with Crippen LogP contribution in [0.1, 0.15) is 35.8 Å². The van der Waals surface area contributed by atoms with E-state index in [1.807, 2.05) is 23.1 Å². The number of fused-ring (bicyclic) bond motifs is 3. The van der Waals surface area contributed by atoms with Gasteiger partial charge in [0.05, 0.1) is 11.7 Å². The van der Waals surface area contributed by atoms with Gasteiger partial charge in [-0.05, 0) is 48.3 Å². The van der Waals surface area contributed by atoms with Gasteiger partial charge in [0.1, 0.15) is 11.4 Å². The lowest BCUT2D eigenvalue weighted by Gasteiger charge is -2.27. The van der Waals surface area contributed by atoms with Crippen LogP contribution in [-0.4, -0.2) is 33.4 Å². The predicted molar refractivity (Wildman–Crippen MR) is 121 cm³/mol. The summed E-state index contributed by atoms with van der Waals surface area (Å²) in [6.07, 6.45) is 7.57. The van der Waals surface area contributed by atoms with Crippen LogP contribution in [0.4, 0.5) is 0 Å². The van der Waals surface area contributed by atoms with Crippen molar-refractivity contribution in [1.82, 2.24) is 14.5 Å². The highest BCUT2D eigenvalue weighted by atomic mass is 32.1. The van der Waals surface area contributed by atoms with Gasteiger partial charge in [-0.3, -0.25) is 14.2 Å². The van der Waals surface area contributed by atoms with Crippen LogP contribution >= 0.6 is 11.3 Å². The minimum atomic E-state index is -0.0714. The molecule has 0 radical (unpaired) electrons. The van der Waals surface area contributed by atoms with Crippen molar-refractivity contribution in [2.75, 3.05) is 13.1 Å². The summed E-state index contributed by atoms with van der Waals surface area (Å²) in [5.74, 6) is 0.627. The summed E-state index contributed by atoms with van der Waals surface area (Å²) in [5, 5.41) is 0.738. The van der Waals surface area contributed by atoms with E-state index in [4.69, 9.17) is 0 Å². The summed E-state index contributed by atoms with van der Waals surface area (Å²) in [6, 6.07) is 10.3. The van der Waals surface area contributed by atoms with Gasteiger partial charge in [0, 0.05) is 18.0 Å². The Balaban J connectivity index is 1.35. The van der Waals surface area contributed by atoms with E-state index in [0.29, 0.717) is 19.0 Å². The Kier molecular flexibility index (Phi) is 5.03. The zero-order valence-electron chi connectivity index (χ0n) is 17.1. The number of nitrogens with zero attached hydrogens (tertiary/aromatic N) is 3. The maximum atomic E-state index is 13.1. The first-order valence-corrected chi connectivity index (χ1v) is 11.4. The fourth-order valence-corrected chi connectivity index (χ4v) is 5.88. The van der Waals surface area contributed by atoms with E-state index in [0.717, 1.165) is 35.9 Å². The highest BCUT2D eigenvalue weighted by Gasteiger charge is 2.24. The first-order valence-electron chi connectivity index (χ1n) is 10.6. The number of benzene rings is 1.